The van der Waals surface area contributed by atoms with E-state index in [1.807, 2.05) is 39.0 Å². The Morgan fingerprint density at radius 3 is 2.59 bits per heavy atom. The Labute approximate surface area is 256 Å². The van der Waals surface area contributed by atoms with Gasteiger partial charge in [0.15, 0.2) is 0 Å². The van der Waals surface area contributed by atoms with Crippen LogP contribution in [0.15, 0.2) is 60.7 Å². The third-order valence-corrected chi connectivity index (χ3v) is 8.60. The molecule has 2 aliphatic heterocycles. The molecule has 2 N–H and O–H groups in total. The highest BCUT2D eigenvalue weighted by Gasteiger charge is 2.59. The Hall–Kier alpha value is -4.78. The third kappa shape index (κ3) is 5.50. The van der Waals surface area contributed by atoms with E-state index in [4.69, 9.17) is 6.57 Å². The van der Waals surface area contributed by atoms with Gasteiger partial charge in [0.2, 0.25) is 11.8 Å². The van der Waals surface area contributed by atoms with Gasteiger partial charge in [-0.3, -0.25) is 28.9 Å². The second-order valence-corrected chi connectivity index (χ2v) is 13.0. The summed E-state index contributed by atoms with van der Waals surface area (Å²) in [4.78, 5) is 61.0. The van der Waals surface area contributed by atoms with E-state index < -0.39 is 47.2 Å². The number of benzene rings is 3. The van der Waals surface area contributed by atoms with E-state index in [1.54, 1.807) is 31.2 Å². The highest BCUT2D eigenvalue weighted by atomic mass is 19.1. The number of likely N-dealkylation sites (tertiary alicyclic amines) is 1. The summed E-state index contributed by atoms with van der Waals surface area (Å²) in [5, 5.41) is 6.74. The van der Waals surface area contributed by atoms with Crippen molar-refractivity contribution < 1.29 is 23.6 Å². The number of nitrogens with zero attached hydrogens (tertiary/aromatic N) is 3. The molecule has 10 heteroatoms. The van der Waals surface area contributed by atoms with Crippen LogP contribution >= 0.6 is 0 Å². The zero-order chi connectivity index (χ0) is 32.0. The summed E-state index contributed by atoms with van der Waals surface area (Å²) in [6.45, 7) is 15.3. The lowest BCUT2D eigenvalue weighted by atomic mass is 9.80. The van der Waals surface area contributed by atoms with Crippen LogP contribution in [0.25, 0.3) is 15.6 Å². The van der Waals surface area contributed by atoms with Gasteiger partial charge in [-0.2, -0.15) is 0 Å². The van der Waals surface area contributed by atoms with Crippen LogP contribution in [0, 0.1) is 17.8 Å². The second-order valence-electron chi connectivity index (χ2n) is 13.0. The van der Waals surface area contributed by atoms with Crippen molar-refractivity contribution in [2.45, 2.75) is 64.2 Å². The summed E-state index contributed by atoms with van der Waals surface area (Å²) < 4.78 is 13.7. The Morgan fingerprint density at radius 2 is 1.89 bits per heavy atom. The van der Waals surface area contributed by atoms with Gasteiger partial charge in [-0.1, -0.05) is 57.2 Å². The lowest BCUT2D eigenvalue weighted by Crippen LogP contribution is -2.56. The SMILES string of the molecule is [C-]#[N+][C@@H]1C[C@@]2(CN1C(=O)[C@H](CC(C)(C)C)N(C)C(=O)[C@H](C)NC(=O)c1cccc3cc(F)ccc13)C(=O)Nc1ccccc12. The van der Waals surface area contributed by atoms with E-state index in [9.17, 15) is 23.6 Å². The number of para-hydroxylation sites is 1. The van der Waals surface area contributed by atoms with Gasteiger partial charge in [0.25, 0.3) is 11.8 Å². The molecule has 0 saturated carbocycles. The average molecular weight is 598 g/mol. The molecular formula is C34H36FN5O4. The smallest absolute Gasteiger partial charge is 0.302 e. The molecule has 0 aliphatic carbocycles. The van der Waals surface area contributed by atoms with Crippen molar-refractivity contribution in [1.29, 1.82) is 0 Å². The molecule has 0 unspecified atom stereocenters. The molecule has 0 radical (unpaired) electrons. The van der Waals surface area contributed by atoms with Crippen molar-refractivity contribution in [2.75, 3.05) is 18.9 Å². The molecule has 2 aliphatic rings. The molecule has 2 heterocycles. The summed E-state index contributed by atoms with van der Waals surface area (Å²) in [6.07, 6.45) is -0.425. The molecule has 5 rings (SSSR count). The maximum absolute atomic E-state index is 14.3. The number of hydrogen-bond donors (Lipinski definition) is 2. The maximum atomic E-state index is 14.3. The Balaban J connectivity index is 1.38. The first-order valence-electron chi connectivity index (χ1n) is 14.6. The number of hydrogen-bond acceptors (Lipinski definition) is 4. The highest BCUT2D eigenvalue weighted by Crippen LogP contribution is 2.47. The van der Waals surface area contributed by atoms with Crippen LogP contribution in [0.3, 0.4) is 0 Å². The number of carbonyl (C=O) groups is 4. The molecule has 228 valence electrons. The van der Waals surface area contributed by atoms with Gasteiger partial charge in [-0.15, -0.1) is 0 Å². The van der Waals surface area contributed by atoms with Crippen molar-refractivity contribution in [3.63, 3.8) is 0 Å². The number of nitrogens with one attached hydrogen (secondary N) is 2. The fraction of sp³-hybridized carbons (Fsp3) is 0.382. The molecule has 3 aromatic rings. The lowest BCUT2D eigenvalue weighted by Gasteiger charge is -2.36. The van der Waals surface area contributed by atoms with Gasteiger partial charge >= 0.3 is 6.17 Å². The molecule has 1 spiro atoms. The predicted molar refractivity (Wildman–Crippen MR) is 165 cm³/mol. The fourth-order valence-corrected chi connectivity index (χ4v) is 6.37. The van der Waals surface area contributed by atoms with Crippen molar-refractivity contribution >= 4 is 40.1 Å². The van der Waals surface area contributed by atoms with Gasteiger partial charge in [0.1, 0.15) is 23.3 Å². The Bertz CT molecular complexity index is 1710. The summed E-state index contributed by atoms with van der Waals surface area (Å²) in [7, 11) is 1.52. The molecule has 0 aromatic heterocycles. The second kappa shape index (κ2) is 11.4. The fourth-order valence-electron chi connectivity index (χ4n) is 6.37. The minimum absolute atomic E-state index is 0.0262. The van der Waals surface area contributed by atoms with E-state index in [2.05, 4.69) is 15.5 Å². The average Bonchev–Trinajstić information content (AvgIpc) is 3.51. The van der Waals surface area contributed by atoms with Crippen LogP contribution in [0.5, 0.6) is 0 Å². The number of amides is 4. The molecule has 1 saturated heterocycles. The van der Waals surface area contributed by atoms with E-state index in [0.717, 1.165) is 5.56 Å². The Kier molecular flexibility index (Phi) is 7.93. The standard InChI is InChI=1S/C34H36FN5O4/c1-20(37-29(41)24-11-9-10-21-16-22(35)14-15-23(21)24)30(42)39(6)27(17-33(2,3)4)31(43)40-19-34(18-28(40)36-5)25-12-7-8-13-26(25)38-32(34)44/h7-16,20,27-28H,17-19H2,1-4,6H3,(H,37,41)(H,38,44)/t20-,27-,28-,34-/m0/s1. The van der Waals surface area contributed by atoms with E-state index in [-0.39, 0.29) is 24.3 Å². The van der Waals surface area contributed by atoms with Crippen LogP contribution < -0.4 is 10.6 Å². The van der Waals surface area contributed by atoms with Gasteiger partial charge < -0.3 is 15.5 Å². The number of halogens is 1. The van der Waals surface area contributed by atoms with Crippen LogP contribution in [0.2, 0.25) is 0 Å². The number of carbonyl (C=O) groups excluding carboxylic acids is 4. The quantitative estimate of drug-likeness (QED) is 0.401. The maximum Gasteiger partial charge on any atom is 0.302 e. The van der Waals surface area contributed by atoms with Crippen LogP contribution in [0.1, 0.15) is 56.5 Å². The summed E-state index contributed by atoms with van der Waals surface area (Å²) >= 11 is 0. The molecule has 44 heavy (non-hydrogen) atoms. The van der Waals surface area contributed by atoms with Gasteiger partial charge in [0.05, 0.1) is 6.42 Å². The van der Waals surface area contributed by atoms with Crippen LogP contribution in [-0.2, 0) is 19.8 Å². The molecule has 1 fully saturated rings. The lowest BCUT2D eigenvalue weighted by molar-refractivity contribution is -0.146. The van der Waals surface area contributed by atoms with E-state index >= 15 is 0 Å². The van der Waals surface area contributed by atoms with Crippen molar-refractivity contribution in [3.8, 4) is 0 Å². The first kappa shape index (κ1) is 30.7. The summed E-state index contributed by atoms with van der Waals surface area (Å²) in [6, 6.07) is 14.5. The van der Waals surface area contributed by atoms with Gasteiger partial charge in [-0.25, -0.2) is 11.0 Å². The van der Waals surface area contributed by atoms with Gasteiger partial charge in [-0.05, 0) is 59.4 Å². The highest BCUT2D eigenvalue weighted by molar-refractivity contribution is 6.09. The van der Waals surface area contributed by atoms with Crippen molar-refractivity contribution in [2.24, 2.45) is 5.41 Å². The number of likely N-dealkylation sites (N-methyl/N-ethyl adjacent to an activating group) is 1. The molecular weight excluding hydrogens is 561 g/mol. The minimum Gasteiger partial charge on any atom is -0.341 e. The minimum atomic E-state index is -1.04. The first-order valence-corrected chi connectivity index (χ1v) is 14.6. The van der Waals surface area contributed by atoms with Crippen LogP contribution in [0.4, 0.5) is 10.1 Å². The monoisotopic (exact) mass is 597 g/mol. The zero-order valence-electron chi connectivity index (χ0n) is 25.5. The van der Waals surface area contributed by atoms with Crippen molar-refractivity contribution in [3.05, 3.63) is 89.0 Å². The molecule has 4 amide bonds. The number of fused-ring (bicyclic) bond motifs is 3. The van der Waals surface area contributed by atoms with E-state index in [0.29, 0.717) is 28.4 Å². The predicted octanol–water partition coefficient (Wildman–Crippen LogP) is 4.73. The largest absolute Gasteiger partial charge is 0.341 e. The van der Waals surface area contributed by atoms with E-state index in [1.165, 1.54) is 35.0 Å². The Morgan fingerprint density at radius 1 is 1.16 bits per heavy atom. The number of rotatable bonds is 6. The molecule has 9 nitrogen and oxygen atoms in total. The molecule has 0 bridgehead atoms. The first-order chi connectivity index (χ1) is 20.8. The number of anilines is 1. The summed E-state index contributed by atoms with van der Waals surface area (Å²) in [5.74, 6) is -2.07. The van der Waals surface area contributed by atoms with Gasteiger partial charge in [0, 0.05) is 24.8 Å². The topological polar surface area (TPSA) is 103 Å². The normalized spacial score (nSPS) is 20.5. The van der Waals surface area contributed by atoms with Crippen LogP contribution in [-0.4, -0.2) is 65.3 Å². The molecule has 3 aromatic carbocycles. The zero-order valence-corrected chi connectivity index (χ0v) is 25.5. The summed E-state index contributed by atoms with van der Waals surface area (Å²) in [5.41, 5.74) is 0.318. The van der Waals surface area contributed by atoms with Crippen molar-refractivity contribution in [1.82, 2.24) is 15.1 Å². The third-order valence-electron chi connectivity index (χ3n) is 8.60. The molecule has 4 atom stereocenters.